The van der Waals surface area contributed by atoms with Crippen molar-refractivity contribution >= 4 is 17.6 Å². The number of allylic oxidation sites excluding steroid dienone is 2. The molecule has 0 radical (unpaired) electrons. The zero-order chi connectivity index (χ0) is 20.1. The van der Waals surface area contributed by atoms with E-state index < -0.39 is 11.9 Å². The maximum absolute atomic E-state index is 13.2. The number of ether oxygens (including phenoxy) is 2. The summed E-state index contributed by atoms with van der Waals surface area (Å²) in [5.41, 5.74) is 2.38. The van der Waals surface area contributed by atoms with Crippen LogP contribution < -0.4 is 4.90 Å². The van der Waals surface area contributed by atoms with Crippen LogP contribution in [0.25, 0.3) is 11.1 Å². The summed E-state index contributed by atoms with van der Waals surface area (Å²) in [6.45, 7) is 0. The van der Waals surface area contributed by atoms with Crippen LogP contribution >= 0.6 is 0 Å². The summed E-state index contributed by atoms with van der Waals surface area (Å²) < 4.78 is 22.9. The van der Waals surface area contributed by atoms with Crippen molar-refractivity contribution in [3.63, 3.8) is 0 Å². The normalized spacial score (nSPS) is 13.3. The molecule has 0 fully saturated rings. The van der Waals surface area contributed by atoms with Gasteiger partial charge in [0, 0.05) is 11.9 Å². The molecule has 6 heteroatoms. The first kappa shape index (κ1) is 19.1. The van der Waals surface area contributed by atoms with Gasteiger partial charge in [-0.05, 0) is 47.5 Å². The van der Waals surface area contributed by atoms with Crippen molar-refractivity contribution in [1.29, 1.82) is 0 Å². The molecule has 0 unspecified atom stereocenters. The van der Waals surface area contributed by atoms with E-state index in [1.54, 1.807) is 41.5 Å². The molecule has 28 heavy (non-hydrogen) atoms. The molecule has 0 aromatic heterocycles. The van der Waals surface area contributed by atoms with Crippen LogP contribution in [0.5, 0.6) is 0 Å². The monoisotopic (exact) mass is 379 g/mol. The molecule has 0 aliphatic carbocycles. The van der Waals surface area contributed by atoms with Crippen LogP contribution in [0.15, 0.2) is 84.2 Å². The number of hydrogen-bond acceptors (Lipinski definition) is 5. The number of carbonyl (C=O) groups excluding carboxylic acids is 2. The highest BCUT2D eigenvalue weighted by molar-refractivity contribution is 6.05. The van der Waals surface area contributed by atoms with Crippen molar-refractivity contribution < 1.29 is 23.5 Å². The average Bonchev–Trinajstić information content (AvgIpc) is 2.96. The number of anilines is 1. The largest absolute Gasteiger partial charge is 0.465 e. The lowest BCUT2D eigenvalue weighted by Gasteiger charge is -2.23. The van der Waals surface area contributed by atoms with Gasteiger partial charge in [-0.3, -0.25) is 0 Å². The minimum absolute atomic E-state index is 0.0376. The first-order valence-electron chi connectivity index (χ1n) is 8.46. The van der Waals surface area contributed by atoms with Gasteiger partial charge in [0.2, 0.25) is 0 Å². The van der Waals surface area contributed by atoms with Crippen molar-refractivity contribution in [2.45, 2.75) is 0 Å². The average molecular weight is 379 g/mol. The third-order valence-electron chi connectivity index (χ3n) is 4.19. The fourth-order valence-electron chi connectivity index (χ4n) is 2.84. The highest BCUT2D eigenvalue weighted by Gasteiger charge is 2.27. The maximum Gasteiger partial charge on any atom is 0.355 e. The molecule has 2 aromatic carbocycles. The van der Waals surface area contributed by atoms with Gasteiger partial charge in [-0.2, -0.15) is 0 Å². The molecule has 0 N–H and O–H groups in total. The number of esters is 2. The lowest BCUT2D eigenvalue weighted by molar-refractivity contribution is -0.139. The second-order valence-corrected chi connectivity index (χ2v) is 5.87. The minimum atomic E-state index is -0.677. The molecule has 1 heterocycles. The Kier molecular flexibility index (Phi) is 5.69. The molecule has 2 aromatic rings. The summed E-state index contributed by atoms with van der Waals surface area (Å²) in [4.78, 5) is 26.3. The van der Waals surface area contributed by atoms with E-state index in [1.807, 2.05) is 18.2 Å². The van der Waals surface area contributed by atoms with Gasteiger partial charge in [-0.1, -0.05) is 30.3 Å². The summed E-state index contributed by atoms with van der Waals surface area (Å²) >= 11 is 0. The summed E-state index contributed by atoms with van der Waals surface area (Å²) in [6, 6.07) is 13.4. The van der Waals surface area contributed by atoms with Crippen LogP contribution in [0.4, 0.5) is 10.1 Å². The van der Waals surface area contributed by atoms with Crippen LogP contribution in [0, 0.1) is 5.82 Å². The minimum Gasteiger partial charge on any atom is -0.465 e. The van der Waals surface area contributed by atoms with Gasteiger partial charge in [-0.25, -0.2) is 14.0 Å². The van der Waals surface area contributed by atoms with Crippen LogP contribution in [0.2, 0.25) is 0 Å². The topological polar surface area (TPSA) is 55.8 Å². The quantitative estimate of drug-likeness (QED) is 0.752. The van der Waals surface area contributed by atoms with Gasteiger partial charge < -0.3 is 14.4 Å². The number of carbonyl (C=O) groups is 2. The zero-order valence-electron chi connectivity index (χ0n) is 15.4. The molecule has 1 aliphatic heterocycles. The fourth-order valence-corrected chi connectivity index (χ4v) is 2.84. The highest BCUT2D eigenvalue weighted by Crippen LogP contribution is 2.30. The SMILES string of the molecule is COC(=O)C1=C(C(=O)OC)N(c2cccc(-c3ccc(F)cc3)c2)C=CC=C1. The predicted octanol–water partition coefficient (Wildman–Crippen LogP) is 3.98. The van der Waals surface area contributed by atoms with Gasteiger partial charge in [0.25, 0.3) is 0 Å². The summed E-state index contributed by atoms with van der Waals surface area (Å²) in [5.74, 6) is -1.65. The third-order valence-corrected chi connectivity index (χ3v) is 4.19. The summed E-state index contributed by atoms with van der Waals surface area (Å²) in [5, 5.41) is 0. The molecular weight excluding hydrogens is 361 g/mol. The predicted molar refractivity (Wildman–Crippen MR) is 104 cm³/mol. The van der Waals surface area contributed by atoms with Crippen molar-refractivity contribution in [3.8, 4) is 11.1 Å². The van der Waals surface area contributed by atoms with Crippen LogP contribution in [0.3, 0.4) is 0 Å². The van der Waals surface area contributed by atoms with Gasteiger partial charge in [0.15, 0.2) is 0 Å². The molecular formula is C22H18FNO4. The summed E-state index contributed by atoms with van der Waals surface area (Å²) in [7, 11) is 2.49. The van der Waals surface area contributed by atoms with E-state index in [9.17, 15) is 14.0 Å². The number of hydrogen-bond donors (Lipinski definition) is 0. The molecule has 0 amide bonds. The molecule has 0 spiro atoms. The van der Waals surface area contributed by atoms with Crippen molar-refractivity contribution in [1.82, 2.24) is 0 Å². The molecule has 142 valence electrons. The van der Waals surface area contributed by atoms with Crippen molar-refractivity contribution in [3.05, 3.63) is 90.0 Å². The molecule has 0 bridgehead atoms. The van der Waals surface area contributed by atoms with Crippen LogP contribution in [-0.4, -0.2) is 26.2 Å². The van der Waals surface area contributed by atoms with Gasteiger partial charge in [0.1, 0.15) is 11.5 Å². The second-order valence-electron chi connectivity index (χ2n) is 5.87. The Morgan fingerprint density at radius 1 is 0.893 bits per heavy atom. The zero-order valence-corrected chi connectivity index (χ0v) is 15.4. The second kappa shape index (κ2) is 8.35. The number of benzene rings is 2. The molecule has 0 atom stereocenters. The van der Waals surface area contributed by atoms with E-state index in [0.717, 1.165) is 11.1 Å². The maximum atomic E-state index is 13.2. The Balaban J connectivity index is 2.12. The van der Waals surface area contributed by atoms with Gasteiger partial charge >= 0.3 is 11.9 Å². The smallest absolute Gasteiger partial charge is 0.355 e. The van der Waals surface area contributed by atoms with E-state index in [4.69, 9.17) is 9.47 Å². The summed E-state index contributed by atoms with van der Waals surface area (Å²) in [6.07, 6.45) is 6.49. The number of rotatable bonds is 4. The Labute approximate surface area is 162 Å². The fraction of sp³-hybridized carbons (Fsp3) is 0.0909. The number of methoxy groups -OCH3 is 2. The van der Waals surface area contributed by atoms with E-state index >= 15 is 0 Å². The van der Waals surface area contributed by atoms with Crippen molar-refractivity contribution in [2.75, 3.05) is 19.1 Å². The Morgan fingerprint density at radius 2 is 1.61 bits per heavy atom. The lowest BCUT2D eigenvalue weighted by atomic mass is 10.0. The Morgan fingerprint density at radius 3 is 2.29 bits per heavy atom. The Hall–Kier alpha value is -3.67. The molecule has 3 rings (SSSR count). The van der Waals surface area contributed by atoms with E-state index in [1.165, 1.54) is 32.4 Å². The van der Waals surface area contributed by atoms with E-state index in [0.29, 0.717) is 5.69 Å². The number of halogens is 1. The van der Waals surface area contributed by atoms with Crippen LogP contribution in [-0.2, 0) is 19.1 Å². The van der Waals surface area contributed by atoms with Crippen molar-refractivity contribution in [2.24, 2.45) is 0 Å². The first-order valence-corrected chi connectivity index (χ1v) is 8.46. The number of nitrogens with zero attached hydrogens (tertiary/aromatic N) is 1. The molecule has 0 saturated heterocycles. The lowest BCUT2D eigenvalue weighted by Crippen LogP contribution is -2.26. The van der Waals surface area contributed by atoms with Gasteiger partial charge in [-0.15, -0.1) is 0 Å². The molecule has 0 saturated carbocycles. The highest BCUT2D eigenvalue weighted by atomic mass is 19.1. The standard InChI is InChI=1S/C22H18FNO4/c1-27-21(25)19-8-3-4-13-24(20(19)22(26)28-2)18-7-5-6-16(14-18)15-9-11-17(23)12-10-15/h3-14H,1-2H3. The van der Waals surface area contributed by atoms with E-state index in [-0.39, 0.29) is 17.1 Å². The Bertz CT molecular complexity index is 990. The van der Waals surface area contributed by atoms with Gasteiger partial charge in [0.05, 0.1) is 19.8 Å². The molecule has 1 aliphatic rings. The third kappa shape index (κ3) is 3.86. The van der Waals surface area contributed by atoms with E-state index in [2.05, 4.69) is 0 Å². The molecule has 5 nitrogen and oxygen atoms in total. The first-order chi connectivity index (χ1) is 13.5. The van der Waals surface area contributed by atoms with Crippen LogP contribution in [0.1, 0.15) is 0 Å².